The molecule has 0 aromatic rings. The summed E-state index contributed by atoms with van der Waals surface area (Å²) in [4.78, 5) is 0. The molecule has 1 saturated heterocycles. The lowest BCUT2D eigenvalue weighted by Gasteiger charge is -2.01. The van der Waals surface area contributed by atoms with E-state index in [0.717, 1.165) is 0 Å². The Labute approximate surface area is 49.1 Å². The molecule has 46 valence electrons. The summed E-state index contributed by atoms with van der Waals surface area (Å²) in [5.41, 5.74) is 0. The first-order valence-electron chi connectivity index (χ1n) is 2.72. The van der Waals surface area contributed by atoms with Crippen molar-refractivity contribution in [1.29, 1.82) is 0 Å². The van der Waals surface area contributed by atoms with Gasteiger partial charge < -0.3 is 9.47 Å². The van der Waals surface area contributed by atoms with Crippen LogP contribution >= 0.6 is 0 Å². The first-order valence-corrected chi connectivity index (χ1v) is 2.72. The van der Waals surface area contributed by atoms with Crippen LogP contribution in [0.3, 0.4) is 0 Å². The molecule has 0 aliphatic carbocycles. The van der Waals surface area contributed by atoms with E-state index in [1.54, 1.807) is 0 Å². The largest absolute Gasteiger partial charge is 0.459 e. The van der Waals surface area contributed by atoms with Gasteiger partial charge in [0.2, 0.25) is 0 Å². The van der Waals surface area contributed by atoms with E-state index in [4.69, 9.17) is 9.47 Å². The Kier molecular flexibility index (Phi) is 1.16. The van der Waals surface area contributed by atoms with Gasteiger partial charge in [0.15, 0.2) is 0 Å². The minimum atomic E-state index is 0.169. The van der Waals surface area contributed by atoms with Crippen LogP contribution in [0, 0.1) is 0 Å². The van der Waals surface area contributed by atoms with Crippen LogP contribution in [0.1, 0.15) is 13.8 Å². The Balaban J connectivity index is 2.51. The van der Waals surface area contributed by atoms with Gasteiger partial charge in [0, 0.05) is 0 Å². The Morgan fingerprint density at radius 2 is 1.62 bits per heavy atom. The fourth-order valence-electron chi connectivity index (χ4n) is 0.634. The standard InChI is InChI=1S/C6H10O2/c1-4-5(2)8-6(3)7-4/h4-5H,3H2,1-2H3/t4-,5-/m1/s1. The summed E-state index contributed by atoms with van der Waals surface area (Å²) in [6, 6.07) is 0. The van der Waals surface area contributed by atoms with Gasteiger partial charge in [-0.2, -0.15) is 0 Å². The van der Waals surface area contributed by atoms with Crippen LogP contribution in [0.5, 0.6) is 0 Å². The monoisotopic (exact) mass is 114 g/mol. The van der Waals surface area contributed by atoms with E-state index >= 15 is 0 Å². The fraction of sp³-hybridized carbons (Fsp3) is 0.667. The first-order chi connectivity index (χ1) is 3.70. The topological polar surface area (TPSA) is 18.5 Å². The highest BCUT2D eigenvalue weighted by atomic mass is 16.7. The second-order valence-corrected chi connectivity index (χ2v) is 2.02. The third kappa shape index (κ3) is 0.782. The molecule has 0 saturated carbocycles. The van der Waals surface area contributed by atoms with Gasteiger partial charge in [-0.15, -0.1) is 0 Å². The molecule has 2 atom stereocenters. The molecule has 0 radical (unpaired) electrons. The molecule has 2 nitrogen and oxygen atoms in total. The summed E-state index contributed by atoms with van der Waals surface area (Å²) in [7, 11) is 0. The van der Waals surface area contributed by atoms with Crippen LogP contribution in [0.15, 0.2) is 12.5 Å². The minimum Gasteiger partial charge on any atom is -0.459 e. The SMILES string of the molecule is C=C1O[C@H](C)[C@@H](C)O1. The van der Waals surface area contributed by atoms with Crippen molar-refractivity contribution < 1.29 is 9.47 Å². The molecule has 0 aromatic carbocycles. The molecule has 0 bridgehead atoms. The van der Waals surface area contributed by atoms with Crippen molar-refractivity contribution in [3.8, 4) is 0 Å². The number of hydrogen-bond donors (Lipinski definition) is 0. The van der Waals surface area contributed by atoms with Gasteiger partial charge in [0.05, 0.1) is 0 Å². The average Bonchev–Trinajstić information content (AvgIpc) is 1.85. The Morgan fingerprint density at radius 3 is 1.75 bits per heavy atom. The second-order valence-electron chi connectivity index (χ2n) is 2.02. The van der Waals surface area contributed by atoms with Crippen LogP contribution in [-0.2, 0) is 9.47 Å². The third-order valence-electron chi connectivity index (χ3n) is 1.30. The Bertz CT molecular complexity index is 97.1. The first kappa shape index (κ1) is 5.48. The van der Waals surface area contributed by atoms with Gasteiger partial charge in [-0.25, -0.2) is 0 Å². The summed E-state index contributed by atoms with van der Waals surface area (Å²) in [6.45, 7) is 7.43. The number of rotatable bonds is 0. The van der Waals surface area contributed by atoms with Crippen molar-refractivity contribution in [2.24, 2.45) is 0 Å². The highest BCUT2D eigenvalue weighted by Gasteiger charge is 2.23. The molecule has 0 amide bonds. The van der Waals surface area contributed by atoms with Gasteiger partial charge in [-0.1, -0.05) is 0 Å². The quantitative estimate of drug-likeness (QED) is 0.472. The third-order valence-corrected chi connectivity index (χ3v) is 1.30. The second kappa shape index (κ2) is 1.69. The van der Waals surface area contributed by atoms with Gasteiger partial charge in [-0.05, 0) is 20.4 Å². The molecule has 0 spiro atoms. The summed E-state index contributed by atoms with van der Waals surface area (Å²) >= 11 is 0. The maximum Gasteiger partial charge on any atom is 0.272 e. The predicted molar refractivity (Wildman–Crippen MR) is 30.2 cm³/mol. The van der Waals surface area contributed by atoms with E-state index in [-0.39, 0.29) is 12.2 Å². The predicted octanol–water partition coefficient (Wildman–Crippen LogP) is 1.28. The molecule has 2 heteroatoms. The number of ether oxygens (including phenoxy) is 2. The van der Waals surface area contributed by atoms with Crippen molar-refractivity contribution in [1.82, 2.24) is 0 Å². The van der Waals surface area contributed by atoms with Gasteiger partial charge in [0.25, 0.3) is 5.95 Å². The van der Waals surface area contributed by atoms with Crippen LogP contribution in [0.2, 0.25) is 0 Å². The molecule has 8 heavy (non-hydrogen) atoms. The van der Waals surface area contributed by atoms with Gasteiger partial charge in [-0.3, -0.25) is 0 Å². The average molecular weight is 114 g/mol. The molecule has 0 unspecified atom stereocenters. The smallest absolute Gasteiger partial charge is 0.272 e. The Hall–Kier alpha value is -0.660. The zero-order chi connectivity index (χ0) is 6.15. The molecule has 0 N–H and O–H groups in total. The van der Waals surface area contributed by atoms with E-state index in [2.05, 4.69) is 6.58 Å². The molecule has 1 heterocycles. The highest BCUT2D eigenvalue weighted by Crippen LogP contribution is 2.18. The van der Waals surface area contributed by atoms with Gasteiger partial charge in [0.1, 0.15) is 12.2 Å². The zero-order valence-electron chi connectivity index (χ0n) is 5.18. The lowest BCUT2D eigenvalue weighted by Crippen LogP contribution is -2.13. The van der Waals surface area contributed by atoms with Crippen molar-refractivity contribution in [2.75, 3.05) is 0 Å². The molecular weight excluding hydrogens is 104 g/mol. The highest BCUT2D eigenvalue weighted by molar-refractivity contribution is 4.82. The lowest BCUT2D eigenvalue weighted by atomic mass is 10.3. The van der Waals surface area contributed by atoms with E-state index in [0.29, 0.717) is 5.95 Å². The van der Waals surface area contributed by atoms with Crippen LogP contribution in [-0.4, -0.2) is 12.2 Å². The summed E-state index contributed by atoms with van der Waals surface area (Å²) in [6.07, 6.45) is 0.338. The molecule has 1 fully saturated rings. The maximum absolute atomic E-state index is 5.06. The maximum atomic E-state index is 5.06. The van der Waals surface area contributed by atoms with Crippen molar-refractivity contribution in [2.45, 2.75) is 26.1 Å². The fourth-order valence-corrected chi connectivity index (χ4v) is 0.634. The van der Waals surface area contributed by atoms with Gasteiger partial charge >= 0.3 is 0 Å². The summed E-state index contributed by atoms with van der Waals surface area (Å²) < 4.78 is 10.1. The number of hydrogen-bond acceptors (Lipinski definition) is 2. The van der Waals surface area contributed by atoms with Crippen molar-refractivity contribution in [3.63, 3.8) is 0 Å². The lowest BCUT2D eigenvalue weighted by molar-refractivity contribution is 0.148. The molecule has 1 aliphatic rings. The van der Waals surface area contributed by atoms with E-state index in [9.17, 15) is 0 Å². The van der Waals surface area contributed by atoms with E-state index in [1.165, 1.54) is 0 Å². The van der Waals surface area contributed by atoms with E-state index in [1.807, 2.05) is 13.8 Å². The van der Waals surface area contributed by atoms with Crippen molar-refractivity contribution in [3.05, 3.63) is 12.5 Å². The molecule has 0 aromatic heterocycles. The van der Waals surface area contributed by atoms with Crippen LogP contribution in [0.25, 0.3) is 0 Å². The molecule has 1 aliphatic heterocycles. The molecule has 1 rings (SSSR count). The Morgan fingerprint density at radius 1 is 1.25 bits per heavy atom. The van der Waals surface area contributed by atoms with Crippen LogP contribution in [0.4, 0.5) is 0 Å². The van der Waals surface area contributed by atoms with Crippen LogP contribution < -0.4 is 0 Å². The summed E-state index contributed by atoms with van der Waals surface area (Å²) in [5.74, 6) is 0.449. The zero-order valence-corrected chi connectivity index (χ0v) is 5.18. The normalized spacial score (nSPS) is 36.5. The summed E-state index contributed by atoms with van der Waals surface area (Å²) in [5, 5.41) is 0. The molecular formula is C6H10O2. The van der Waals surface area contributed by atoms with E-state index < -0.39 is 0 Å². The van der Waals surface area contributed by atoms with Crippen molar-refractivity contribution >= 4 is 0 Å². The minimum absolute atomic E-state index is 0.169.